The summed E-state index contributed by atoms with van der Waals surface area (Å²) in [5, 5.41) is 0. The van der Waals surface area contributed by atoms with Crippen molar-refractivity contribution in [3.8, 4) is 0 Å². The van der Waals surface area contributed by atoms with E-state index in [0.29, 0.717) is 6.04 Å². The summed E-state index contributed by atoms with van der Waals surface area (Å²) in [6.45, 7) is 9.02. The first kappa shape index (κ1) is 9.50. The zero-order chi connectivity index (χ0) is 10.6. The minimum absolute atomic E-state index is 0.282. The van der Waals surface area contributed by atoms with Gasteiger partial charge in [0.25, 0.3) is 0 Å². The Bertz CT molecular complexity index is 359. The minimum atomic E-state index is 0.282. The van der Waals surface area contributed by atoms with Crippen molar-refractivity contribution in [1.82, 2.24) is 4.57 Å². The highest BCUT2D eigenvalue weighted by molar-refractivity contribution is 5.72. The molecule has 76 valence electrons. The Labute approximate surface area is 84.9 Å². The maximum absolute atomic E-state index is 10.8. The number of hydrogen-bond donors (Lipinski definition) is 0. The van der Waals surface area contributed by atoms with Gasteiger partial charge in [0, 0.05) is 12.2 Å². The van der Waals surface area contributed by atoms with Crippen LogP contribution in [-0.2, 0) is 0 Å². The predicted octanol–water partition coefficient (Wildman–Crippen LogP) is 2.91. The van der Waals surface area contributed by atoms with Crippen LogP contribution in [0.3, 0.4) is 0 Å². The molecule has 1 heterocycles. The van der Waals surface area contributed by atoms with Crippen LogP contribution in [-0.4, -0.2) is 10.9 Å². The molecule has 0 bridgehead atoms. The summed E-state index contributed by atoms with van der Waals surface area (Å²) in [5.41, 5.74) is 1.35. The van der Waals surface area contributed by atoms with Crippen LogP contribution in [0.1, 0.15) is 44.2 Å². The maximum atomic E-state index is 10.8. The Kier molecular flexibility index (Phi) is 1.70. The summed E-state index contributed by atoms with van der Waals surface area (Å²) >= 11 is 0. The van der Waals surface area contributed by atoms with Gasteiger partial charge >= 0.3 is 0 Å². The van der Waals surface area contributed by atoms with Gasteiger partial charge in [0.05, 0.1) is 5.69 Å². The molecule has 0 N–H and O–H groups in total. The van der Waals surface area contributed by atoms with Gasteiger partial charge in [-0.3, -0.25) is 4.79 Å². The summed E-state index contributed by atoms with van der Waals surface area (Å²) in [6, 6.07) is 4.26. The van der Waals surface area contributed by atoms with Crippen LogP contribution in [0.5, 0.6) is 0 Å². The van der Waals surface area contributed by atoms with Crippen molar-refractivity contribution in [2.45, 2.75) is 33.7 Å². The average Bonchev–Trinajstić information content (AvgIpc) is 2.51. The molecule has 0 spiro atoms. The van der Waals surface area contributed by atoms with E-state index in [2.05, 4.69) is 32.3 Å². The molecule has 0 aliphatic heterocycles. The molecule has 0 saturated heterocycles. The Morgan fingerprint density at radius 3 is 2.29 bits per heavy atom. The van der Waals surface area contributed by atoms with E-state index in [1.54, 1.807) is 0 Å². The third-order valence-electron chi connectivity index (χ3n) is 4.16. The molecule has 2 rings (SSSR count). The number of carbonyl (C=O) groups excluding carboxylic acids is 1. The summed E-state index contributed by atoms with van der Waals surface area (Å²) in [4.78, 5) is 10.8. The van der Waals surface area contributed by atoms with Crippen LogP contribution in [0, 0.1) is 10.8 Å². The van der Waals surface area contributed by atoms with E-state index < -0.39 is 0 Å². The minimum Gasteiger partial charge on any atom is -0.341 e. The Morgan fingerprint density at radius 1 is 1.29 bits per heavy atom. The van der Waals surface area contributed by atoms with Crippen LogP contribution < -0.4 is 0 Å². The molecule has 1 aromatic heterocycles. The smallest absolute Gasteiger partial charge is 0.166 e. The van der Waals surface area contributed by atoms with Gasteiger partial charge in [-0.1, -0.05) is 27.7 Å². The van der Waals surface area contributed by atoms with Crippen molar-refractivity contribution in [1.29, 1.82) is 0 Å². The van der Waals surface area contributed by atoms with E-state index >= 15 is 0 Å². The van der Waals surface area contributed by atoms with E-state index in [1.807, 2.05) is 18.3 Å². The summed E-state index contributed by atoms with van der Waals surface area (Å²) in [6.07, 6.45) is 2.94. The van der Waals surface area contributed by atoms with Gasteiger partial charge in [-0.2, -0.15) is 0 Å². The maximum Gasteiger partial charge on any atom is 0.166 e. The number of hydrogen-bond acceptors (Lipinski definition) is 1. The monoisotopic (exact) mass is 191 g/mol. The molecular weight excluding hydrogens is 174 g/mol. The molecule has 0 atom stereocenters. The summed E-state index contributed by atoms with van der Waals surface area (Å²) in [7, 11) is 0. The molecule has 1 saturated carbocycles. The molecule has 1 fully saturated rings. The highest BCUT2D eigenvalue weighted by Gasteiger charge is 2.66. The fourth-order valence-corrected chi connectivity index (χ4v) is 2.60. The van der Waals surface area contributed by atoms with E-state index in [1.165, 1.54) is 0 Å². The third-order valence-corrected chi connectivity index (χ3v) is 4.16. The van der Waals surface area contributed by atoms with Crippen molar-refractivity contribution in [2.75, 3.05) is 0 Å². The second-order valence-electron chi connectivity index (χ2n) is 5.30. The first-order valence-corrected chi connectivity index (χ1v) is 5.05. The lowest BCUT2D eigenvalue weighted by Crippen LogP contribution is -2.03. The quantitative estimate of drug-likeness (QED) is 0.659. The number of aldehydes is 1. The fraction of sp³-hybridized carbons (Fsp3) is 0.583. The van der Waals surface area contributed by atoms with Gasteiger partial charge in [-0.25, -0.2) is 0 Å². The third kappa shape index (κ3) is 0.941. The molecule has 0 unspecified atom stereocenters. The normalized spacial score (nSPS) is 23.4. The number of aromatic nitrogens is 1. The second kappa shape index (κ2) is 2.50. The number of rotatable bonds is 2. The molecule has 0 amide bonds. The molecule has 1 aliphatic rings. The van der Waals surface area contributed by atoms with Gasteiger partial charge in [0.1, 0.15) is 0 Å². The topological polar surface area (TPSA) is 22.0 Å². The highest BCUT2D eigenvalue weighted by atomic mass is 16.1. The highest BCUT2D eigenvalue weighted by Crippen LogP contribution is 2.71. The van der Waals surface area contributed by atoms with Crippen LogP contribution >= 0.6 is 0 Å². The molecule has 0 aromatic carbocycles. The van der Waals surface area contributed by atoms with Crippen molar-refractivity contribution in [2.24, 2.45) is 10.8 Å². The molecule has 14 heavy (non-hydrogen) atoms. The summed E-state index contributed by atoms with van der Waals surface area (Å²) in [5.74, 6) is 0. The van der Waals surface area contributed by atoms with Crippen LogP contribution in [0.4, 0.5) is 0 Å². The van der Waals surface area contributed by atoms with Crippen molar-refractivity contribution < 1.29 is 4.79 Å². The summed E-state index contributed by atoms with van der Waals surface area (Å²) < 4.78 is 2.10. The Hall–Kier alpha value is -1.05. The molecule has 1 aliphatic carbocycles. The van der Waals surface area contributed by atoms with Crippen LogP contribution in [0.15, 0.2) is 18.3 Å². The zero-order valence-corrected chi connectivity index (χ0v) is 9.24. The Balaban J connectivity index is 2.40. The number of carbonyl (C=O) groups is 1. The molecule has 2 nitrogen and oxygen atoms in total. The van der Waals surface area contributed by atoms with E-state index in [4.69, 9.17) is 0 Å². The van der Waals surface area contributed by atoms with Crippen LogP contribution in [0.2, 0.25) is 0 Å². The van der Waals surface area contributed by atoms with E-state index in [9.17, 15) is 4.79 Å². The second-order valence-corrected chi connectivity index (χ2v) is 5.30. The predicted molar refractivity (Wildman–Crippen MR) is 56.4 cm³/mol. The van der Waals surface area contributed by atoms with E-state index in [0.717, 1.165) is 12.0 Å². The molecule has 2 heteroatoms. The SMILES string of the molecule is CC1(C)C(n2cccc2C=O)C1(C)C. The van der Waals surface area contributed by atoms with Crippen molar-refractivity contribution >= 4 is 6.29 Å². The lowest BCUT2D eigenvalue weighted by Gasteiger charge is -2.06. The van der Waals surface area contributed by atoms with Gasteiger partial charge in [0.15, 0.2) is 6.29 Å². The van der Waals surface area contributed by atoms with E-state index in [-0.39, 0.29) is 10.8 Å². The number of nitrogens with zero attached hydrogens (tertiary/aromatic N) is 1. The Morgan fingerprint density at radius 2 is 1.86 bits per heavy atom. The van der Waals surface area contributed by atoms with Gasteiger partial charge in [-0.15, -0.1) is 0 Å². The van der Waals surface area contributed by atoms with Gasteiger partial charge < -0.3 is 4.57 Å². The first-order valence-electron chi connectivity index (χ1n) is 5.05. The lowest BCUT2D eigenvalue weighted by atomic mass is 10.0. The van der Waals surface area contributed by atoms with Crippen molar-refractivity contribution in [3.05, 3.63) is 24.0 Å². The molecule has 0 radical (unpaired) electrons. The average molecular weight is 191 g/mol. The lowest BCUT2D eigenvalue weighted by molar-refractivity contribution is 0.111. The van der Waals surface area contributed by atoms with Gasteiger partial charge in [0.2, 0.25) is 0 Å². The molecule has 1 aromatic rings. The van der Waals surface area contributed by atoms with Crippen molar-refractivity contribution in [3.63, 3.8) is 0 Å². The fourth-order valence-electron chi connectivity index (χ4n) is 2.60. The zero-order valence-electron chi connectivity index (χ0n) is 9.24. The van der Waals surface area contributed by atoms with Crippen LogP contribution in [0.25, 0.3) is 0 Å². The standard InChI is InChI=1S/C12H17NO/c1-11(2)10(12(11,3)4)13-7-5-6-9(13)8-14/h5-8,10H,1-4H3. The van der Waals surface area contributed by atoms with Gasteiger partial charge in [-0.05, 0) is 23.0 Å². The largest absolute Gasteiger partial charge is 0.341 e. The first-order chi connectivity index (χ1) is 6.43. The molecular formula is C12H17NO.